The molecule has 0 radical (unpaired) electrons. The lowest BCUT2D eigenvalue weighted by molar-refractivity contribution is 0.328. The third-order valence-corrected chi connectivity index (χ3v) is 4.88. The van der Waals surface area contributed by atoms with Crippen LogP contribution in [0.5, 0.6) is 5.88 Å². The fraction of sp³-hybridized carbons (Fsp3) is 0.381. The summed E-state index contributed by atoms with van der Waals surface area (Å²) in [5.41, 5.74) is 5.26. The van der Waals surface area contributed by atoms with Crippen LogP contribution >= 0.6 is 0 Å². The van der Waals surface area contributed by atoms with Crippen molar-refractivity contribution < 1.29 is 4.74 Å². The van der Waals surface area contributed by atoms with E-state index in [-0.39, 0.29) is 6.04 Å². The minimum absolute atomic E-state index is 0.196. The molecule has 9 heteroatoms. The predicted molar refractivity (Wildman–Crippen MR) is 115 cm³/mol. The fourth-order valence-electron chi connectivity index (χ4n) is 3.42. The molecule has 0 aliphatic heterocycles. The lowest BCUT2D eigenvalue weighted by atomic mass is 10.1. The lowest BCUT2D eigenvalue weighted by Crippen LogP contribution is -2.10. The summed E-state index contributed by atoms with van der Waals surface area (Å²) < 4.78 is 9.50. The molecule has 0 atom stereocenters. The standard InChI is InChI=1S/C21H26N8O/c1-6-30-21-15(8-7-9-22-21)16-10-17(23-11-18-24-12-25-28(18)5)20-19(26-16)14(4)27-29(20)13(2)3/h7-10,12-13H,6,11H2,1-5H3,(H,23,26). The van der Waals surface area contributed by atoms with Crippen molar-refractivity contribution in [3.8, 4) is 17.1 Å². The molecule has 0 unspecified atom stereocenters. The van der Waals surface area contributed by atoms with Gasteiger partial charge in [-0.1, -0.05) is 0 Å². The maximum absolute atomic E-state index is 5.74. The van der Waals surface area contributed by atoms with E-state index in [1.54, 1.807) is 17.2 Å². The van der Waals surface area contributed by atoms with Gasteiger partial charge in [0.15, 0.2) is 0 Å². The van der Waals surface area contributed by atoms with Crippen molar-refractivity contribution in [1.29, 1.82) is 0 Å². The highest BCUT2D eigenvalue weighted by atomic mass is 16.5. The van der Waals surface area contributed by atoms with Crippen LogP contribution in [-0.4, -0.2) is 41.1 Å². The number of nitrogens with one attached hydrogen (secondary N) is 1. The van der Waals surface area contributed by atoms with Gasteiger partial charge in [-0.25, -0.2) is 15.0 Å². The van der Waals surface area contributed by atoms with Gasteiger partial charge in [0.25, 0.3) is 0 Å². The van der Waals surface area contributed by atoms with Crippen molar-refractivity contribution in [3.63, 3.8) is 0 Å². The molecule has 9 nitrogen and oxygen atoms in total. The molecule has 0 fully saturated rings. The van der Waals surface area contributed by atoms with Crippen molar-refractivity contribution in [3.05, 3.63) is 42.2 Å². The molecule has 0 saturated carbocycles. The second-order valence-electron chi connectivity index (χ2n) is 7.32. The van der Waals surface area contributed by atoms with Gasteiger partial charge >= 0.3 is 0 Å². The van der Waals surface area contributed by atoms with Crippen LogP contribution in [0.25, 0.3) is 22.3 Å². The molecule has 4 aromatic rings. The van der Waals surface area contributed by atoms with Crippen LogP contribution < -0.4 is 10.1 Å². The van der Waals surface area contributed by atoms with E-state index >= 15 is 0 Å². The van der Waals surface area contributed by atoms with Gasteiger partial charge in [-0.3, -0.25) is 9.36 Å². The summed E-state index contributed by atoms with van der Waals surface area (Å²) in [5, 5.41) is 12.4. The smallest absolute Gasteiger partial charge is 0.222 e. The highest BCUT2D eigenvalue weighted by molar-refractivity contribution is 5.93. The summed E-state index contributed by atoms with van der Waals surface area (Å²) in [7, 11) is 1.88. The number of nitrogens with zero attached hydrogens (tertiary/aromatic N) is 7. The van der Waals surface area contributed by atoms with Gasteiger partial charge in [0.05, 0.1) is 35.8 Å². The van der Waals surface area contributed by atoms with E-state index in [4.69, 9.17) is 14.8 Å². The number of hydrogen-bond acceptors (Lipinski definition) is 7. The van der Waals surface area contributed by atoms with E-state index in [0.717, 1.165) is 39.5 Å². The molecule has 0 aromatic carbocycles. The number of aromatic nitrogens is 7. The first-order valence-corrected chi connectivity index (χ1v) is 10.0. The van der Waals surface area contributed by atoms with Crippen LogP contribution in [0.4, 0.5) is 5.69 Å². The molecule has 4 aromatic heterocycles. The highest BCUT2D eigenvalue weighted by Crippen LogP contribution is 2.34. The number of pyridine rings is 2. The normalized spacial score (nSPS) is 11.4. The van der Waals surface area contributed by atoms with Crippen molar-refractivity contribution >= 4 is 16.7 Å². The maximum Gasteiger partial charge on any atom is 0.222 e. The molecule has 156 valence electrons. The van der Waals surface area contributed by atoms with Crippen molar-refractivity contribution in [2.75, 3.05) is 11.9 Å². The van der Waals surface area contributed by atoms with Gasteiger partial charge in [-0.05, 0) is 45.9 Å². The first-order valence-electron chi connectivity index (χ1n) is 10.0. The number of anilines is 1. The maximum atomic E-state index is 5.74. The summed E-state index contributed by atoms with van der Waals surface area (Å²) in [6.07, 6.45) is 3.28. The van der Waals surface area contributed by atoms with Crippen LogP contribution in [0.2, 0.25) is 0 Å². The monoisotopic (exact) mass is 406 g/mol. The van der Waals surface area contributed by atoms with E-state index in [1.165, 1.54) is 0 Å². The van der Waals surface area contributed by atoms with Crippen molar-refractivity contribution in [2.24, 2.45) is 7.05 Å². The van der Waals surface area contributed by atoms with Gasteiger partial charge < -0.3 is 10.1 Å². The van der Waals surface area contributed by atoms with Crippen molar-refractivity contribution in [2.45, 2.75) is 40.3 Å². The molecule has 30 heavy (non-hydrogen) atoms. The number of fused-ring (bicyclic) bond motifs is 1. The number of hydrogen-bond donors (Lipinski definition) is 1. The Morgan fingerprint density at radius 3 is 2.77 bits per heavy atom. The molecule has 4 rings (SSSR count). The third-order valence-electron chi connectivity index (χ3n) is 4.88. The Morgan fingerprint density at radius 2 is 2.07 bits per heavy atom. The third kappa shape index (κ3) is 3.58. The first-order chi connectivity index (χ1) is 14.5. The second kappa shape index (κ2) is 8.10. The molecule has 0 saturated heterocycles. The minimum atomic E-state index is 0.196. The van der Waals surface area contributed by atoms with Gasteiger partial charge in [-0.15, -0.1) is 0 Å². The van der Waals surface area contributed by atoms with Crippen LogP contribution in [0, 0.1) is 6.92 Å². The van der Waals surface area contributed by atoms with Crippen LogP contribution in [0.1, 0.15) is 38.3 Å². The highest BCUT2D eigenvalue weighted by Gasteiger charge is 2.19. The number of ether oxygens (including phenoxy) is 1. The SMILES string of the molecule is CCOc1ncccc1-c1cc(NCc2ncnn2C)c2c(n1)c(C)nn2C(C)C. The molecule has 1 N–H and O–H groups in total. The Bertz CT molecular complexity index is 1180. The Kier molecular flexibility index (Phi) is 5.35. The molecule has 0 bridgehead atoms. The Morgan fingerprint density at radius 1 is 1.23 bits per heavy atom. The second-order valence-corrected chi connectivity index (χ2v) is 7.32. The summed E-state index contributed by atoms with van der Waals surface area (Å²) in [6, 6.07) is 6.08. The van der Waals surface area contributed by atoms with E-state index in [1.807, 2.05) is 43.8 Å². The summed E-state index contributed by atoms with van der Waals surface area (Å²) in [4.78, 5) is 13.6. The topological polar surface area (TPSA) is 95.6 Å². The van der Waals surface area contributed by atoms with Gasteiger partial charge in [-0.2, -0.15) is 10.2 Å². The number of aryl methyl sites for hydroxylation is 2. The average molecular weight is 406 g/mol. The first kappa shape index (κ1) is 19.8. The average Bonchev–Trinajstić information content (AvgIpc) is 3.30. The molecule has 0 aliphatic carbocycles. The quantitative estimate of drug-likeness (QED) is 0.502. The number of rotatable bonds is 7. The predicted octanol–water partition coefficient (Wildman–Crippen LogP) is 3.52. The summed E-state index contributed by atoms with van der Waals surface area (Å²) in [5.74, 6) is 1.41. The van der Waals surface area contributed by atoms with Crippen LogP contribution in [0.15, 0.2) is 30.7 Å². The Balaban J connectivity index is 1.87. The van der Waals surface area contributed by atoms with Gasteiger partial charge in [0.1, 0.15) is 23.2 Å². The van der Waals surface area contributed by atoms with E-state index < -0.39 is 0 Å². The zero-order valence-electron chi connectivity index (χ0n) is 17.9. The molecule has 0 spiro atoms. The summed E-state index contributed by atoms with van der Waals surface area (Å²) >= 11 is 0. The Hall–Kier alpha value is -3.49. The van der Waals surface area contributed by atoms with Crippen LogP contribution in [0.3, 0.4) is 0 Å². The van der Waals surface area contributed by atoms with E-state index in [2.05, 4.69) is 34.2 Å². The molecular weight excluding hydrogens is 380 g/mol. The fourth-order valence-corrected chi connectivity index (χ4v) is 3.42. The van der Waals surface area contributed by atoms with E-state index in [0.29, 0.717) is 19.0 Å². The molecule has 4 heterocycles. The molecule has 0 aliphatic rings. The van der Waals surface area contributed by atoms with Crippen molar-refractivity contribution in [1.82, 2.24) is 34.5 Å². The lowest BCUT2D eigenvalue weighted by Gasteiger charge is -2.15. The largest absolute Gasteiger partial charge is 0.477 e. The zero-order chi connectivity index (χ0) is 21.3. The van der Waals surface area contributed by atoms with Gasteiger partial charge in [0.2, 0.25) is 5.88 Å². The molecule has 0 amide bonds. The molecular formula is C21H26N8O. The Labute approximate surface area is 175 Å². The zero-order valence-corrected chi connectivity index (χ0v) is 17.9. The summed E-state index contributed by atoms with van der Waals surface area (Å²) in [6.45, 7) is 9.22. The van der Waals surface area contributed by atoms with Crippen LogP contribution in [-0.2, 0) is 13.6 Å². The van der Waals surface area contributed by atoms with Gasteiger partial charge in [0, 0.05) is 19.3 Å². The minimum Gasteiger partial charge on any atom is -0.477 e. The van der Waals surface area contributed by atoms with E-state index in [9.17, 15) is 0 Å².